The Balaban J connectivity index is 2.54. The van der Waals surface area contributed by atoms with Crippen LogP contribution in [0.3, 0.4) is 0 Å². The van der Waals surface area contributed by atoms with Gasteiger partial charge < -0.3 is 9.84 Å². The molecule has 1 atom stereocenters. The van der Waals surface area contributed by atoms with Crippen LogP contribution in [0.15, 0.2) is 22.3 Å². The zero-order valence-electron chi connectivity index (χ0n) is 10.3. The van der Waals surface area contributed by atoms with Gasteiger partial charge in [-0.2, -0.15) is 0 Å². The lowest BCUT2D eigenvalue weighted by Gasteiger charge is -2.08. The molecule has 0 saturated carbocycles. The van der Waals surface area contributed by atoms with E-state index in [2.05, 4.69) is 27.7 Å². The number of hydrogen-bond acceptors (Lipinski definition) is 2. The molecule has 1 N–H and O–H groups in total. The molecule has 0 radical (unpaired) electrons. The minimum Gasteiger partial charge on any atom is -0.396 e. The fourth-order valence-corrected chi connectivity index (χ4v) is 2.01. The van der Waals surface area contributed by atoms with Gasteiger partial charge in [-0.15, -0.1) is 0 Å². The number of ether oxygens (including phenoxy) is 1. The average Bonchev–Trinajstić information content (AvgIpc) is 2.41. The third-order valence-corrected chi connectivity index (χ3v) is 3.51. The summed E-state index contributed by atoms with van der Waals surface area (Å²) in [5.74, 6) is 0.571. The highest BCUT2D eigenvalue weighted by Gasteiger charge is 2.22. The summed E-state index contributed by atoms with van der Waals surface area (Å²) in [5, 5.41) is 8.64. The molecule has 1 aliphatic rings. The van der Waals surface area contributed by atoms with Gasteiger partial charge in [0.15, 0.2) is 0 Å². The minimum atomic E-state index is 0.211. The average molecular weight is 210 g/mol. The van der Waals surface area contributed by atoms with Crippen LogP contribution in [0.5, 0.6) is 0 Å². The quantitative estimate of drug-likeness (QED) is 0.707. The first kappa shape index (κ1) is 12.5. The first-order chi connectivity index (χ1) is 7.09. The van der Waals surface area contributed by atoms with E-state index in [0.717, 1.165) is 6.42 Å². The van der Waals surface area contributed by atoms with Gasteiger partial charge in [-0.1, -0.05) is 18.1 Å². The molecule has 15 heavy (non-hydrogen) atoms. The van der Waals surface area contributed by atoms with E-state index in [1.165, 1.54) is 22.3 Å². The van der Waals surface area contributed by atoms with Gasteiger partial charge in [0, 0.05) is 13.2 Å². The molecule has 1 aliphatic carbocycles. The summed E-state index contributed by atoms with van der Waals surface area (Å²) in [7, 11) is 0. The predicted molar refractivity (Wildman–Crippen MR) is 62.8 cm³/mol. The summed E-state index contributed by atoms with van der Waals surface area (Å²) >= 11 is 0. The molecule has 0 aromatic rings. The van der Waals surface area contributed by atoms with Crippen molar-refractivity contribution in [3.8, 4) is 0 Å². The lowest BCUT2D eigenvalue weighted by Crippen LogP contribution is -2.03. The van der Waals surface area contributed by atoms with Crippen LogP contribution in [-0.2, 0) is 4.74 Å². The third-order valence-electron chi connectivity index (χ3n) is 3.51. The molecule has 2 nitrogen and oxygen atoms in total. The smallest absolute Gasteiger partial charge is 0.0719 e. The molecular weight excluding hydrogens is 188 g/mol. The number of rotatable bonds is 5. The maximum atomic E-state index is 8.64. The predicted octanol–water partition coefficient (Wildman–Crippen LogP) is 2.69. The molecule has 0 fully saturated rings. The summed E-state index contributed by atoms with van der Waals surface area (Å²) < 4.78 is 5.54. The van der Waals surface area contributed by atoms with E-state index in [9.17, 15) is 0 Å². The standard InChI is InChI=1S/C13H22O2/c1-9-10(2)12(4)13(11(9)3)8-15-7-5-6-14/h9,14H,5-8H2,1-4H3. The van der Waals surface area contributed by atoms with Crippen LogP contribution < -0.4 is 0 Å². The zero-order valence-corrected chi connectivity index (χ0v) is 10.3. The topological polar surface area (TPSA) is 29.5 Å². The Hall–Kier alpha value is -0.600. The summed E-state index contributed by atoms with van der Waals surface area (Å²) in [6.07, 6.45) is 0.726. The Morgan fingerprint density at radius 3 is 2.33 bits per heavy atom. The van der Waals surface area contributed by atoms with Crippen LogP contribution in [0, 0.1) is 5.92 Å². The van der Waals surface area contributed by atoms with E-state index in [0.29, 0.717) is 19.1 Å². The van der Waals surface area contributed by atoms with Crippen LogP contribution in [0.1, 0.15) is 34.1 Å². The molecule has 1 unspecified atom stereocenters. The van der Waals surface area contributed by atoms with E-state index in [1.807, 2.05) is 0 Å². The maximum Gasteiger partial charge on any atom is 0.0719 e. The molecule has 2 heteroatoms. The fourth-order valence-electron chi connectivity index (χ4n) is 2.01. The lowest BCUT2D eigenvalue weighted by molar-refractivity contribution is 0.134. The van der Waals surface area contributed by atoms with Gasteiger partial charge in [0.1, 0.15) is 0 Å². The number of allylic oxidation sites excluding steroid dienone is 2. The molecule has 0 spiro atoms. The summed E-state index contributed by atoms with van der Waals surface area (Å²) in [4.78, 5) is 0. The van der Waals surface area contributed by atoms with E-state index in [4.69, 9.17) is 9.84 Å². The monoisotopic (exact) mass is 210 g/mol. The molecular formula is C13H22O2. The molecule has 0 aliphatic heterocycles. The molecule has 0 aromatic heterocycles. The van der Waals surface area contributed by atoms with Gasteiger partial charge in [-0.3, -0.25) is 0 Å². The molecule has 0 aromatic carbocycles. The van der Waals surface area contributed by atoms with Gasteiger partial charge in [0.2, 0.25) is 0 Å². The van der Waals surface area contributed by atoms with Crippen LogP contribution in [-0.4, -0.2) is 24.9 Å². The van der Waals surface area contributed by atoms with Crippen molar-refractivity contribution in [1.82, 2.24) is 0 Å². The van der Waals surface area contributed by atoms with Crippen molar-refractivity contribution in [3.05, 3.63) is 22.3 Å². The molecule has 0 saturated heterocycles. The second-order valence-electron chi connectivity index (χ2n) is 4.32. The number of aliphatic hydroxyl groups is 1. The third kappa shape index (κ3) is 2.70. The van der Waals surface area contributed by atoms with Crippen LogP contribution in [0.2, 0.25) is 0 Å². The van der Waals surface area contributed by atoms with Crippen LogP contribution in [0.25, 0.3) is 0 Å². The maximum absolute atomic E-state index is 8.64. The van der Waals surface area contributed by atoms with E-state index in [1.54, 1.807) is 0 Å². The highest BCUT2D eigenvalue weighted by Crippen LogP contribution is 2.36. The van der Waals surface area contributed by atoms with E-state index in [-0.39, 0.29) is 6.61 Å². The summed E-state index contributed by atoms with van der Waals surface area (Å²) in [5.41, 5.74) is 5.66. The number of aliphatic hydroxyl groups excluding tert-OH is 1. The van der Waals surface area contributed by atoms with Gasteiger partial charge in [-0.05, 0) is 44.3 Å². The van der Waals surface area contributed by atoms with Crippen LogP contribution >= 0.6 is 0 Å². The highest BCUT2D eigenvalue weighted by atomic mass is 16.5. The second kappa shape index (κ2) is 5.47. The fraction of sp³-hybridized carbons (Fsp3) is 0.692. The van der Waals surface area contributed by atoms with Crippen molar-refractivity contribution in [2.45, 2.75) is 34.1 Å². The van der Waals surface area contributed by atoms with Crippen molar-refractivity contribution >= 4 is 0 Å². The number of hydrogen-bond donors (Lipinski definition) is 1. The SMILES string of the molecule is CC1=C(C)C(C)C(C)=C1COCCCO. The molecule has 1 rings (SSSR count). The van der Waals surface area contributed by atoms with Crippen molar-refractivity contribution in [1.29, 1.82) is 0 Å². The molecule has 0 heterocycles. The van der Waals surface area contributed by atoms with Crippen molar-refractivity contribution in [2.24, 2.45) is 5.92 Å². The Bertz CT molecular complexity index is 287. The normalized spacial score (nSPS) is 21.8. The molecule has 0 amide bonds. The van der Waals surface area contributed by atoms with E-state index >= 15 is 0 Å². The van der Waals surface area contributed by atoms with Gasteiger partial charge in [-0.25, -0.2) is 0 Å². The lowest BCUT2D eigenvalue weighted by atomic mass is 10.00. The highest BCUT2D eigenvalue weighted by molar-refractivity contribution is 5.47. The van der Waals surface area contributed by atoms with E-state index < -0.39 is 0 Å². The Labute approximate surface area is 92.6 Å². The Kier molecular flexibility index (Phi) is 4.55. The molecule has 86 valence electrons. The van der Waals surface area contributed by atoms with Crippen molar-refractivity contribution in [3.63, 3.8) is 0 Å². The van der Waals surface area contributed by atoms with Gasteiger partial charge in [0.05, 0.1) is 6.61 Å². The Morgan fingerprint density at radius 1 is 1.20 bits per heavy atom. The largest absolute Gasteiger partial charge is 0.396 e. The summed E-state index contributed by atoms with van der Waals surface area (Å²) in [6.45, 7) is 10.4. The van der Waals surface area contributed by atoms with Gasteiger partial charge >= 0.3 is 0 Å². The minimum absolute atomic E-state index is 0.211. The second-order valence-corrected chi connectivity index (χ2v) is 4.32. The Morgan fingerprint density at radius 2 is 1.87 bits per heavy atom. The van der Waals surface area contributed by atoms with Crippen molar-refractivity contribution < 1.29 is 9.84 Å². The first-order valence-corrected chi connectivity index (χ1v) is 5.65. The van der Waals surface area contributed by atoms with Gasteiger partial charge in [0.25, 0.3) is 0 Å². The molecule has 0 bridgehead atoms. The first-order valence-electron chi connectivity index (χ1n) is 5.65. The van der Waals surface area contributed by atoms with Crippen LogP contribution in [0.4, 0.5) is 0 Å². The summed E-state index contributed by atoms with van der Waals surface area (Å²) in [6, 6.07) is 0. The van der Waals surface area contributed by atoms with Crippen molar-refractivity contribution in [2.75, 3.05) is 19.8 Å². The zero-order chi connectivity index (χ0) is 11.4.